The van der Waals surface area contributed by atoms with Gasteiger partial charge in [0.25, 0.3) is 0 Å². The van der Waals surface area contributed by atoms with Crippen molar-refractivity contribution in [3.8, 4) is 0 Å². The monoisotopic (exact) mass is 295 g/mol. The molecular weight excluding hydrogens is 278 g/mol. The Balaban J connectivity index is 1.78. The number of thioether (sulfide) groups is 1. The molecule has 0 bridgehead atoms. The summed E-state index contributed by atoms with van der Waals surface area (Å²) in [5, 5.41) is 8.89. The molecule has 1 aliphatic heterocycles. The average molecular weight is 295 g/mol. The van der Waals surface area contributed by atoms with Gasteiger partial charge in [0.05, 0.1) is 4.21 Å². The fourth-order valence-corrected chi connectivity index (χ4v) is 5.74. The summed E-state index contributed by atoms with van der Waals surface area (Å²) in [4.78, 5) is 1.43. The van der Waals surface area contributed by atoms with Crippen molar-refractivity contribution >= 4 is 34.4 Å². The van der Waals surface area contributed by atoms with E-state index >= 15 is 0 Å². The van der Waals surface area contributed by atoms with Crippen LogP contribution in [-0.2, 0) is 0 Å². The van der Waals surface area contributed by atoms with Crippen molar-refractivity contribution in [3.05, 3.63) is 39.4 Å². The number of hydrogen-bond acceptors (Lipinski definition) is 4. The molecule has 2 aromatic rings. The lowest BCUT2D eigenvalue weighted by atomic mass is 10.0. The molecule has 0 spiro atoms. The third kappa shape index (κ3) is 2.52. The van der Waals surface area contributed by atoms with Gasteiger partial charge in [0, 0.05) is 22.2 Å². The van der Waals surface area contributed by atoms with Crippen LogP contribution in [0.15, 0.2) is 33.2 Å². The molecule has 0 aromatic carbocycles. The van der Waals surface area contributed by atoms with Gasteiger partial charge in [-0.15, -0.1) is 34.4 Å². The van der Waals surface area contributed by atoms with E-state index in [1.165, 1.54) is 21.1 Å². The van der Waals surface area contributed by atoms with Gasteiger partial charge in [-0.1, -0.05) is 13.0 Å². The van der Waals surface area contributed by atoms with Crippen LogP contribution in [0.2, 0.25) is 0 Å². The van der Waals surface area contributed by atoms with Crippen LogP contribution >= 0.6 is 34.4 Å². The molecule has 1 N–H and O–H groups in total. The Morgan fingerprint density at radius 1 is 1.28 bits per heavy atom. The summed E-state index contributed by atoms with van der Waals surface area (Å²) < 4.78 is 1.50. The SMILES string of the molecule is CC(NC1C[C@H](C)Sc2sccc21)c1cccs1. The lowest BCUT2D eigenvalue weighted by Gasteiger charge is -2.30. The van der Waals surface area contributed by atoms with Gasteiger partial charge in [0.1, 0.15) is 0 Å². The fraction of sp³-hybridized carbons (Fsp3) is 0.429. The number of nitrogens with one attached hydrogen (secondary N) is 1. The Morgan fingerprint density at radius 3 is 2.94 bits per heavy atom. The Hall–Kier alpha value is -0.290. The van der Waals surface area contributed by atoms with Crippen molar-refractivity contribution in [1.82, 2.24) is 5.32 Å². The maximum Gasteiger partial charge on any atom is 0.0649 e. The molecular formula is C14H17NS3. The molecule has 0 fully saturated rings. The van der Waals surface area contributed by atoms with Crippen LogP contribution in [0.3, 0.4) is 0 Å². The molecule has 0 radical (unpaired) electrons. The minimum atomic E-state index is 0.443. The molecule has 3 rings (SSSR count). The van der Waals surface area contributed by atoms with E-state index < -0.39 is 0 Å². The molecule has 2 aromatic heterocycles. The molecule has 0 saturated carbocycles. The zero-order chi connectivity index (χ0) is 12.5. The first-order chi connectivity index (χ1) is 8.74. The Morgan fingerprint density at radius 2 is 2.17 bits per heavy atom. The summed E-state index contributed by atoms with van der Waals surface area (Å²) in [5.74, 6) is 0. The zero-order valence-corrected chi connectivity index (χ0v) is 13.0. The van der Waals surface area contributed by atoms with Gasteiger partial charge < -0.3 is 5.32 Å². The van der Waals surface area contributed by atoms with Gasteiger partial charge in [0.2, 0.25) is 0 Å². The van der Waals surface area contributed by atoms with Crippen LogP contribution < -0.4 is 5.32 Å². The molecule has 3 heterocycles. The van der Waals surface area contributed by atoms with E-state index in [9.17, 15) is 0 Å². The molecule has 0 aliphatic carbocycles. The van der Waals surface area contributed by atoms with Crippen LogP contribution in [0.25, 0.3) is 0 Å². The topological polar surface area (TPSA) is 12.0 Å². The second-order valence-corrected chi connectivity index (χ2v) is 8.39. The third-order valence-electron chi connectivity index (χ3n) is 3.33. The van der Waals surface area contributed by atoms with Gasteiger partial charge in [0.15, 0.2) is 0 Å². The number of thiophene rings is 2. The van der Waals surface area contributed by atoms with Crippen molar-refractivity contribution in [1.29, 1.82) is 0 Å². The lowest BCUT2D eigenvalue weighted by molar-refractivity contribution is 0.439. The van der Waals surface area contributed by atoms with E-state index in [1.807, 2.05) is 34.4 Å². The van der Waals surface area contributed by atoms with Gasteiger partial charge in [-0.2, -0.15) is 0 Å². The number of rotatable bonds is 3. The van der Waals surface area contributed by atoms with E-state index in [4.69, 9.17) is 0 Å². The summed E-state index contributed by atoms with van der Waals surface area (Å²) in [5.41, 5.74) is 1.51. The molecule has 0 amide bonds. The smallest absolute Gasteiger partial charge is 0.0649 e. The van der Waals surface area contributed by atoms with Crippen molar-refractivity contribution < 1.29 is 0 Å². The van der Waals surface area contributed by atoms with E-state index in [2.05, 4.69) is 48.1 Å². The zero-order valence-electron chi connectivity index (χ0n) is 10.6. The van der Waals surface area contributed by atoms with Gasteiger partial charge in [-0.25, -0.2) is 0 Å². The molecule has 0 saturated heterocycles. The molecule has 1 aliphatic rings. The Kier molecular flexibility index (Phi) is 3.80. The molecule has 18 heavy (non-hydrogen) atoms. The van der Waals surface area contributed by atoms with Gasteiger partial charge in [-0.05, 0) is 41.8 Å². The minimum absolute atomic E-state index is 0.443. The number of fused-ring (bicyclic) bond motifs is 1. The molecule has 1 nitrogen and oxygen atoms in total. The first-order valence-corrected chi connectivity index (χ1v) is 8.91. The highest BCUT2D eigenvalue weighted by Crippen LogP contribution is 2.44. The quantitative estimate of drug-likeness (QED) is 0.847. The van der Waals surface area contributed by atoms with Crippen molar-refractivity contribution in [2.45, 2.75) is 41.8 Å². The maximum absolute atomic E-state index is 3.80. The Bertz CT molecular complexity index is 503. The highest BCUT2D eigenvalue weighted by molar-refractivity contribution is 8.01. The second-order valence-electron chi connectivity index (χ2n) is 4.78. The lowest BCUT2D eigenvalue weighted by Crippen LogP contribution is -2.28. The predicted molar refractivity (Wildman–Crippen MR) is 82.9 cm³/mol. The molecule has 96 valence electrons. The van der Waals surface area contributed by atoms with Gasteiger partial charge in [-0.3, -0.25) is 0 Å². The fourth-order valence-electron chi connectivity index (χ4n) is 2.43. The van der Waals surface area contributed by atoms with Crippen LogP contribution in [0.4, 0.5) is 0 Å². The Labute approximate surface area is 121 Å². The standard InChI is InChI=1S/C14H17NS3/c1-9-8-12(11-5-7-17-14(11)18-9)15-10(2)13-4-3-6-16-13/h3-7,9-10,12,15H,8H2,1-2H3/t9-,10?,12?/m0/s1. The van der Waals surface area contributed by atoms with Crippen molar-refractivity contribution in [2.75, 3.05) is 0 Å². The largest absolute Gasteiger partial charge is 0.302 e. The predicted octanol–water partition coefficient (Wildman–Crippen LogP) is 5.09. The number of hydrogen-bond donors (Lipinski definition) is 1. The van der Waals surface area contributed by atoms with E-state index in [0.29, 0.717) is 17.3 Å². The summed E-state index contributed by atoms with van der Waals surface area (Å²) in [6, 6.07) is 7.60. The van der Waals surface area contributed by atoms with Crippen LogP contribution in [0.1, 0.15) is 42.8 Å². The minimum Gasteiger partial charge on any atom is -0.302 e. The van der Waals surface area contributed by atoms with E-state index in [-0.39, 0.29) is 0 Å². The summed E-state index contributed by atoms with van der Waals surface area (Å²) >= 11 is 5.75. The molecule has 3 atom stereocenters. The van der Waals surface area contributed by atoms with E-state index in [0.717, 1.165) is 0 Å². The highest BCUT2D eigenvalue weighted by atomic mass is 32.2. The maximum atomic E-state index is 3.80. The molecule has 2 unspecified atom stereocenters. The summed E-state index contributed by atoms with van der Waals surface area (Å²) in [6.45, 7) is 4.60. The van der Waals surface area contributed by atoms with Gasteiger partial charge >= 0.3 is 0 Å². The summed E-state index contributed by atoms with van der Waals surface area (Å²) in [6.07, 6.45) is 1.23. The van der Waals surface area contributed by atoms with Crippen molar-refractivity contribution in [3.63, 3.8) is 0 Å². The molecule has 4 heteroatoms. The first-order valence-electron chi connectivity index (χ1n) is 6.27. The summed E-state index contributed by atoms with van der Waals surface area (Å²) in [7, 11) is 0. The highest BCUT2D eigenvalue weighted by Gasteiger charge is 2.27. The normalized spacial score (nSPS) is 24.8. The van der Waals surface area contributed by atoms with Crippen LogP contribution in [-0.4, -0.2) is 5.25 Å². The second kappa shape index (κ2) is 5.37. The van der Waals surface area contributed by atoms with Crippen LogP contribution in [0, 0.1) is 0 Å². The van der Waals surface area contributed by atoms with Crippen LogP contribution in [0.5, 0.6) is 0 Å². The van der Waals surface area contributed by atoms with Crippen molar-refractivity contribution in [2.24, 2.45) is 0 Å². The third-order valence-corrected chi connectivity index (χ3v) is 6.73. The van der Waals surface area contributed by atoms with E-state index in [1.54, 1.807) is 0 Å². The average Bonchev–Trinajstić information content (AvgIpc) is 2.98. The first kappa shape index (κ1) is 12.7.